The zero-order valence-corrected chi connectivity index (χ0v) is 13.6. The average Bonchev–Trinajstić information content (AvgIpc) is 3.09. The molecule has 0 aliphatic rings. The Morgan fingerprint density at radius 3 is 2.68 bits per heavy atom. The van der Waals surface area contributed by atoms with Crippen LogP contribution in [0.2, 0.25) is 0 Å². The molecule has 1 aromatic carbocycles. The minimum atomic E-state index is -4.47. The van der Waals surface area contributed by atoms with Gasteiger partial charge in [-0.1, -0.05) is 6.07 Å². The maximum atomic E-state index is 12.7. The van der Waals surface area contributed by atoms with Gasteiger partial charge in [0.15, 0.2) is 6.61 Å². The fraction of sp³-hybridized carbons (Fsp3) is 0.353. The van der Waals surface area contributed by atoms with Crippen LogP contribution < -0.4 is 4.74 Å². The van der Waals surface area contributed by atoms with E-state index in [4.69, 9.17) is 13.9 Å². The molecule has 1 amide bonds. The second-order valence-electron chi connectivity index (χ2n) is 5.20. The van der Waals surface area contributed by atoms with Crippen LogP contribution in [0.5, 0.6) is 5.75 Å². The zero-order valence-electron chi connectivity index (χ0n) is 13.6. The van der Waals surface area contributed by atoms with Gasteiger partial charge in [-0.2, -0.15) is 13.2 Å². The second-order valence-corrected chi connectivity index (χ2v) is 5.20. The number of ether oxygens (including phenoxy) is 2. The van der Waals surface area contributed by atoms with E-state index >= 15 is 0 Å². The molecule has 2 aromatic rings. The summed E-state index contributed by atoms with van der Waals surface area (Å²) in [6, 6.07) is 7.83. The van der Waals surface area contributed by atoms with E-state index in [1.54, 1.807) is 12.1 Å². The van der Waals surface area contributed by atoms with Crippen LogP contribution in [-0.2, 0) is 22.3 Å². The van der Waals surface area contributed by atoms with Crippen molar-refractivity contribution in [1.29, 1.82) is 0 Å². The Kier molecular flexibility index (Phi) is 6.46. The van der Waals surface area contributed by atoms with Crippen molar-refractivity contribution in [3.05, 3.63) is 54.0 Å². The summed E-state index contributed by atoms with van der Waals surface area (Å²) in [5.41, 5.74) is -0.829. The number of methoxy groups -OCH3 is 1. The molecule has 136 valence electrons. The van der Waals surface area contributed by atoms with Crippen LogP contribution in [0.1, 0.15) is 11.3 Å². The van der Waals surface area contributed by atoms with Crippen molar-refractivity contribution in [2.75, 3.05) is 26.9 Å². The van der Waals surface area contributed by atoms with Gasteiger partial charge in [0.05, 0.1) is 25.0 Å². The molecule has 8 heteroatoms. The lowest BCUT2D eigenvalue weighted by atomic mass is 10.2. The summed E-state index contributed by atoms with van der Waals surface area (Å²) in [5, 5.41) is 0. The number of carbonyl (C=O) groups excluding carboxylic acids is 1. The number of halogens is 3. The lowest BCUT2D eigenvalue weighted by Gasteiger charge is -2.21. The molecule has 2 rings (SSSR count). The van der Waals surface area contributed by atoms with Crippen LogP contribution in [0.3, 0.4) is 0 Å². The van der Waals surface area contributed by atoms with Crippen LogP contribution in [-0.4, -0.2) is 37.7 Å². The van der Waals surface area contributed by atoms with Crippen molar-refractivity contribution in [2.45, 2.75) is 12.7 Å². The predicted octanol–water partition coefficient (Wildman–Crippen LogP) is 3.35. The number of hydrogen-bond acceptors (Lipinski definition) is 4. The van der Waals surface area contributed by atoms with Gasteiger partial charge < -0.3 is 18.8 Å². The van der Waals surface area contributed by atoms with E-state index in [0.29, 0.717) is 18.9 Å². The van der Waals surface area contributed by atoms with Gasteiger partial charge in [-0.15, -0.1) is 0 Å². The standard InChI is InChI=1S/C17H18F3NO4/c1-23-9-7-21(11-15-6-3-8-24-15)16(22)12-25-14-5-2-4-13(10-14)17(18,19)20/h2-6,8,10H,7,9,11-12H2,1H3. The summed E-state index contributed by atoms with van der Waals surface area (Å²) < 4.78 is 53.5. The van der Waals surface area contributed by atoms with E-state index in [-0.39, 0.29) is 24.8 Å². The van der Waals surface area contributed by atoms with Gasteiger partial charge in [0.25, 0.3) is 5.91 Å². The Bertz CT molecular complexity index is 671. The smallest absolute Gasteiger partial charge is 0.416 e. The second kappa shape index (κ2) is 8.57. The molecule has 0 saturated heterocycles. The Morgan fingerprint density at radius 1 is 1.24 bits per heavy atom. The Hall–Kier alpha value is -2.48. The minimum absolute atomic E-state index is 0.0205. The quantitative estimate of drug-likeness (QED) is 0.727. The van der Waals surface area contributed by atoms with E-state index in [0.717, 1.165) is 12.1 Å². The highest BCUT2D eigenvalue weighted by Gasteiger charge is 2.30. The number of benzene rings is 1. The molecule has 1 aromatic heterocycles. The molecule has 5 nitrogen and oxygen atoms in total. The third kappa shape index (κ3) is 5.82. The summed E-state index contributed by atoms with van der Waals surface area (Å²) >= 11 is 0. The van der Waals surface area contributed by atoms with E-state index in [1.165, 1.54) is 30.4 Å². The lowest BCUT2D eigenvalue weighted by molar-refractivity contribution is -0.137. The highest BCUT2D eigenvalue weighted by Crippen LogP contribution is 2.31. The average molecular weight is 357 g/mol. The van der Waals surface area contributed by atoms with Crippen molar-refractivity contribution in [2.24, 2.45) is 0 Å². The van der Waals surface area contributed by atoms with Crippen molar-refractivity contribution in [3.63, 3.8) is 0 Å². The van der Waals surface area contributed by atoms with Gasteiger partial charge in [-0.3, -0.25) is 4.79 Å². The maximum absolute atomic E-state index is 12.7. The molecular formula is C17H18F3NO4. The molecular weight excluding hydrogens is 339 g/mol. The molecule has 0 aliphatic heterocycles. The van der Waals surface area contributed by atoms with Gasteiger partial charge in [0.1, 0.15) is 11.5 Å². The van der Waals surface area contributed by atoms with Gasteiger partial charge >= 0.3 is 6.18 Å². The highest BCUT2D eigenvalue weighted by atomic mass is 19.4. The number of amides is 1. The van der Waals surface area contributed by atoms with E-state index in [1.807, 2.05) is 0 Å². The molecule has 0 bridgehead atoms. The van der Waals surface area contributed by atoms with Crippen molar-refractivity contribution >= 4 is 5.91 Å². The Balaban J connectivity index is 1.98. The third-order valence-electron chi connectivity index (χ3n) is 3.37. The topological polar surface area (TPSA) is 51.9 Å². The van der Waals surface area contributed by atoms with Gasteiger partial charge in [-0.25, -0.2) is 0 Å². The summed E-state index contributed by atoms with van der Waals surface area (Å²) in [7, 11) is 1.51. The predicted molar refractivity (Wildman–Crippen MR) is 82.9 cm³/mol. The van der Waals surface area contributed by atoms with E-state index in [2.05, 4.69) is 0 Å². The lowest BCUT2D eigenvalue weighted by Crippen LogP contribution is -2.36. The number of rotatable bonds is 8. The Morgan fingerprint density at radius 2 is 2.04 bits per heavy atom. The Labute approximate surface area is 142 Å². The summed E-state index contributed by atoms with van der Waals surface area (Å²) in [6.45, 7) is 0.463. The van der Waals surface area contributed by atoms with Crippen LogP contribution in [0.4, 0.5) is 13.2 Å². The number of carbonyl (C=O) groups is 1. The minimum Gasteiger partial charge on any atom is -0.484 e. The fourth-order valence-corrected chi connectivity index (χ4v) is 2.08. The molecule has 0 unspecified atom stereocenters. The van der Waals surface area contributed by atoms with E-state index in [9.17, 15) is 18.0 Å². The molecule has 25 heavy (non-hydrogen) atoms. The van der Waals surface area contributed by atoms with Crippen LogP contribution in [0.15, 0.2) is 47.1 Å². The van der Waals surface area contributed by atoms with Crippen LogP contribution in [0.25, 0.3) is 0 Å². The first kappa shape index (κ1) is 18.9. The van der Waals surface area contributed by atoms with Gasteiger partial charge in [0.2, 0.25) is 0 Å². The molecule has 0 spiro atoms. The number of furan rings is 1. The monoisotopic (exact) mass is 357 g/mol. The maximum Gasteiger partial charge on any atom is 0.416 e. The fourth-order valence-electron chi connectivity index (χ4n) is 2.08. The van der Waals surface area contributed by atoms with Crippen molar-refractivity contribution in [3.8, 4) is 5.75 Å². The number of hydrogen-bond donors (Lipinski definition) is 0. The molecule has 0 saturated carbocycles. The van der Waals surface area contributed by atoms with Crippen molar-refractivity contribution in [1.82, 2.24) is 4.90 Å². The number of alkyl halides is 3. The molecule has 0 aliphatic carbocycles. The first-order chi connectivity index (χ1) is 11.9. The molecule has 0 atom stereocenters. The first-order valence-corrected chi connectivity index (χ1v) is 7.49. The molecule has 0 radical (unpaired) electrons. The summed E-state index contributed by atoms with van der Waals surface area (Å²) in [4.78, 5) is 13.8. The van der Waals surface area contributed by atoms with E-state index < -0.39 is 11.7 Å². The van der Waals surface area contributed by atoms with Crippen LogP contribution >= 0.6 is 0 Å². The normalized spacial score (nSPS) is 11.4. The summed E-state index contributed by atoms with van der Waals surface area (Å²) in [5.74, 6) is 0.183. The van der Waals surface area contributed by atoms with Gasteiger partial charge in [-0.05, 0) is 30.3 Å². The number of nitrogens with zero attached hydrogens (tertiary/aromatic N) is 1. The van der Waals surface area contributed by atoms with Crippen molar-refractivity contribution < 1.29 is 31.9 Å². The highest BCUT2D eigenvalue weighted by molar-refractivity contribution is 5.77. The zero-order chi connectivity index (χ0) is 18.3. The largest absolute Gasteiger partial charge is 0.484 e. The summed E-state index contributed by atoms with van der Waals surface area (Å²) in [6.07, 6.45) is -2.97. The van der Waals surface area contributed by atoms with Crippen LogP contribution in [0, 0.1) is 0 Å². The molecule has 1 heterocycles. The third-order valence-corrected chi connectivity index (χ3v) is 3.37. The molecule has 0 fully saturated rings. The molecule has 0 N–H and O–H groups in total. The van der Waals surface area contributed by atoms with Gasteiger partial charge in [0, 0.05) is 13.7 Å². The SMILES string of the molecule is COCCN(Cc1ccco1)C(=O)COc1cccc(C(F)(F)F)c1. The first-order valence-electron chi connectivity index (χ1n) is 7.49.